The van der Waals surface area contributed by atoms with Gasteiger partial charge in [0, 0.05) is 17.7 Å². The van der Waals surface area contributed by atoms with Crippen LogP contribution in [0.2, 0.25) is 10.0 Å². The van der Waals surface area contributed by atoms with Gasteiger partial charge in [-0.15, -0.1) is 0 Å². The van der Waals surface area contributed by atoms with E-state index in [1.807, 2.05) is 0 Å². The van der Waals surface area contributed by atoms with Crippen LogP contribution in [-0.2, 0) is 11.2 Å². The van der Waals surface area contributed by atoms with E-state index in [1.165, 1.54) is 18.2 Å². The summed E-state index contributed by atoms with van der Waals surface area (Å²) in [4.78, 5) is 40.8. The van der Waals surface area contributed by atoms with Crippen molar-refractivity contribution in [3.8, 4) is 0 Å². The largest absolute Gasteiger partial charge is 0.480 e. The average molecular weight is 514 g/mol. The molecule has 180 valence electrons. The SMILES string of the molecule is NC(N)=Nc1cccc(C(=O)Nc2ccc(C[C@H](NC(=O)c3c(Cl)cccc3Cl)C(=O)O)cc2)c1. The summed E-state index contributed by atoms with van der Waals surface area (Å²) >= 11 is 12.1. The first-order valence-electron chi connectivity index (χ1n) is 10.2. The van der Waals surface area contributed by atoms with Crippen LogP contribution in [0.4, 0.5) is 11.4 Å². The van der Waals surface area contributed by atoms with Gasteiger partial charge in [-0.25, -0.2) is 9.79 Å². The summed E-state index contributed by atoms with van der Waals surface area (Å²) in [7, 11) is 0. The van der Waals surface area contributed by atoms with Crippen LogP contribution in [0.3, 0.4) is 0 Å². The zero-order chi connectivity index (χ0) is 25.5. The Kier molecular flexibility index (Phi) is 8.30. The Balaban J connectivity index is 1.67. The van der Waals surface area contributed by atoms with Gasteiger partial charge in [-0.05, 0) is 48.0 Å². The van der Waals surface area contributed by atoms with E-state index in [2.05, 4.69) is 15.6 Å². The Morgan fingerprint density at radius 1 is 0.914 bits per heavy atom. The van der Waals surface area contributed by atoms with Gasteiger partial charge in [0.1, 0.15) is 6.04 Å². The van der Waals surface area contributed by atoms with Crippen molar-refractivity contribution in [3.05, 3.63) is 93.5 Å². The number of carbonyl (C=O) groups excluding carboxylic acids is 2. The van der Waals surface area contributed by atoms with E-state index in [0.717, 1.165) is 0 Å². The minimum Gasteiger partial charge on any atom is -0.480 e. The Morgan fingerprint density at radius 3 is 2.14 bits per heavy atom. The first kappa shape index (κ1) is 25.5. The molecular formula is C24H21Cl2N5O4. The second kappa shape index (κ2) is 11.4. The number of carboxylic acids is 1. The molecule has 0 heterocycles. The number of anilines is 1. The number of nitrogens with zero attached hydrogens (tertiary/aromatic N) is 1. The number of halogens is 2. The fourth-order valence-corrected chi connectivity index (χ4v) is 3.74. The number of carboxylic acid groups (broad SMARTS) is 1. The van der Waals surface area contributed by atoms with E-state index in [0.29, 0.717) is 22.5 Å². The molecule has 0 fully saturated rings. The molecule has 0 aliphatic heterocycles. The smallest absolute Gasteiger partial charge is 0.326 e. The first-order chi connectivity index (χ1) is 16.6. The van der Waals surface area contributed by atoms with Crippen LogP contribution in [0.1, 0.15) is 26.3 Å². The predicted octanol–water partition coefficient (Wildman–Crippen LogP) is 3.58. The molecule has 3 aromatic rings. The number of carbonyl (C=O) groups is 3. The van der Waals surface area contributed by atoms with E-state index < -0.39 is 17.9 Å². The van der Waals surface area contributed by atoms with E-state index >= 15 is 0 Å². The molecule has 0 saturated carbocycles. The highest BCUT2D eigenvalue weighted by Gasteiger charge is 2.23. The lowest BCUT2D eigenvalue weighted by atomic mass is 10.0. The Bertz CT molecular complexity index is 1270. The summed E-state index contributed by atoms with van der Waals surface area (Å²) in [6.45, 7) is 0. The summed E-state index contributed by atoms with van der Waals surface area (Å²) in [5.74, 6) is -2.42. The van der Waals surface area contributed by atoms with E-state index in [9.17, 15) is 19.5 Å². The molecule has 1 atom stereocenters. The van der Waals surface area contributed by atoms with Gasteiger partial charge >= 0.3 is 5.97 Å². The number of nitrogens with two attached hydrogens (primary N) is 2. The molecular weight excluding hydrogens is 493 g/mol. The van der Waals surface area contributed by atoms with Crippen molar-refractivity contribution in [2.24, 2.45) is 16.5 Å². The van der Waals surface area contributed by atoms with Crippen molar-refractivity contribution in [2.45, 2.75) is 12.5 Å². The third kappa shape index (κ3) is 6.95. The topological polar surface area (TPSA) is 160 Å². The molecule has 0 spiro atoms. The standard InChI is InChI=1S/C24H21Cl2N5O4/c25-17-5-2-6-18(26)20(17)22(33)31-19(23(34)35)11-13-7-9-15(10-8-13)29-21(32)14-3-1-4-16(12-14)30-24(27)28/h1-10,12,19H,11H2,(H,29,32)(H,31,33)(H,34,35)(H4,27,28,30)/t19-/m0/s1. The number of rotatable bonds is 8. The van der Waals surface area contributed by atoms with Crippen LogP contribution in [0, 0.1) is 0 Å². The minimum atomic E-state index is -1.23. The maximum atomic E-state index is 12.6. The normalized spacial score (nSPS) is 11.3. The van der Waals surface area contributed by atoms with Gasteiger partial charge in [0.2, 0.25) is 0 Å². The molecule has 7 N–H and O–H groups in total. The number of amides is 2. The third-order valence-electron chi connectivity index (χ3n) is 4.81. The zero-order valence-electron chi connectivity index (χ0n) is 18.2. The second-order valence-corrected chi connectivity index (χ2v) is 8.22. The highest BCUT2D eigenvalue weighted by molar-refractivity contribution is 6.39. The molecule has 0 aromatic heterocycles. The predicted molar refractivity (Wildman–Crippen MR) is 135 cm³/mol. The molecule has 0 unspecified atom stereocenters. The van der Waals surface area contributed by atoms with Gasteiger partial charge in [-0.3, -0.25) is 9.59 Å². The number of aliphatic imine (C=N–C) groups is 1. The number of guanidine groups is 1. The molecule has 3 aromatic carbocycles. The lowest BCUT2D eigenvalue weighted by Crippen LogP contribution is -2.42. The molecule has 0 saturated heterocycles. The molecule has 0 bridgehead atoms. The summed E-state index contributed by atoms with van der Waals surface area (Å²) in [6, 6.07) is 16.3. The maximum Gasteiger partial charge on any atom is 0.326 e. The Labute approximate surface area is 210 Å². The molecule has 3 rings (SSSR count). The highest BCUT2D eigenvalue weighted by atomic mass is 35.5. The average Bonchev–Trinajstić information content (AvgIpc) is 2.79. The van der Waals surface area contributed by atoms with Gasteiger partial charge in [0.25, 0.3) is 11.8 Å². The summed E-state index contributed by atoms with van der Waals surface area (Å²) < 4.78 is 0. The summed E-state index contributed by atoms with van der Waals surface area (Å²) in [6.07, 6.45) is -0.00205. The van der Waals surface area contributed by atoms with Crippen LogP contribution in [0.15, 0.2) is 71.7 Å². The molecule has 0 aliphatic carbocycles. The lowest BCUT2D eigenvalue weighted by molar-refractivity contribution is -0.139. The molecule has 35 heavy (non-hydrogen) atoms. The van der Waals surface area contributed by atoms with Crippen LogP contribution in [0.25, 0.3) is 0 Å². The van der Waals surface area contributed by atoms with Gasteiger partial charge in [-0.1, -0.05) is 47.5 Å². The summed E-state index contributed by atoms with van der Waals surface area (Å²) in [5, 5.41) is 15.0. The molecule has 0 radical (unpaired) electrons. The molecule has 11 heteroatoms. The van der Waals surface area contributed by atoms with Crippen molar-refractivity contribution in [1.82, 2.24) is 5.32 Å². The van der Waals surface area contributed by atoms with Crippen molar-refractivity contribution < 1.29 is 19.5 Å². The number of benzene rings is 3. The van der Waals surface area contributed by atoms with Crippen LogP contribution < -0.4 is 22.1 Å². The number of nitrogens with one attached hydrogen (secondary N) is 2. The van der Waals surface area contributed by atoms with Gasteiger partial charge in [-0.2, -0.15) is 0 Å². The summed E-state index contributed by atoms with van der Waals surface area (Å²) in [5.41, 5.74) is 12.6. The van der Waals surface area contributed by atoms with Crippen LogP contribution in [0.5, 0.6) is 0 Å². The minimum absolute atomic E-state index is 0.00205. The van der Waals surface area contributed by atoms with Gasteiger partial charge in [0.05, 0.1) is 21.3 Å². The number of hydrogen-bond acceptors (Lipinski definition) is 4. The third-order valence-corrected chi connectivity index (χ3v) is 5.44. The quantitative estimate of drug-likeness (QED) is 0.228. The van der Waals surface area contributed by atoms with Crippen LogP contribution in [-0.4, -0.2) is 34.9 Å². The second-order valence-electron chi connectivity index (χ2n) is 7.40. The maximum absolute atomic E-state index is 12.6. The molecule has 2 amide bonds. The van der Waals surface area contributed by atoms with Gasteiger partial charge < -0.3 is 27.2 Å². The van der Waals surface area contributed by atoms with E-state index in [1.54, 1.807) is 48.5 Å². The monoisotopic (exact) mass is 513 g/mol. The molecule has 0 aliphatic rings. The molecule has 9 nitrogen and oxygen atoms in total. The number of aliphatic carboxylic acids is 1. The number of hydrogen-bond donors (Lipinski definition) is 5. The van der Waals surface area contributed by atoms with Crippen LogP contribution >= 0.6 is 23.2 Å². The van der Waals surface area contributed by atoms with E-state index in [-0.39, 0.29) is 33.9 Å². The fourth-order valence-electron chi connectivity index (χ4n) is 3.17. The van der Waals surface area contributed by atoms with Crippen molar-refractivity contribution in [2.75, 3.05) is 5.32 Å². The van der Waals surface area contributed by atoms with Crippen molar-refractivity contribution in [1.29, 1.82) is 0 Å². The van der Waals surface area contributed by atoms with Crippen molar-refractivity contribution >= 4 is 58.3 Å². The Hall–Kier alpha value is -4.08. The Morgan fingerprint density at radius 2 is 1.54 bits per heavy atom. The van der Waals surface area contributed by atoms with Gasteiger partial charge in [0.15, 0.2) is 5.96 Å². The van der Waals surface area contributed by atoms with E-state index in [4.69, 9.17) is 34.7 Å². The lowest BCUT2D eigenvalue weighted by Gasteiger charge is -2.16. The zero-order valence-corrected chi connectivity index (χ0v) is 19.7. The fraction of sp³-hybridized carbons (Fsp3) is 0.0833. The highest BCUT2D eigenvalue weighted by Crippen LogP contribution is 2.24. The van der Waals surface area contributed by atoms with Crippen molar-refractivity contribution in [3.63, 3.8) is 0 Å². The first-order valence-corrected chi connectivity index (χ1v) is 11.0.